The van der Waals surface area contributed by atoms with Crippen LogP contribution in [0.2, 0.25) is 0 Å². The zero-order chi connectivity index (χ0) is 19.1. The molecular weight excluding hydrogens is 438 g/mol. The maximum absolute atomic E-state index is 13.1. The van der Waals surface area contributed by atoms with Crippen molar-refractivity contribution in [2.75, 3.05) is 13.1 Å². The number of halogens is 1. The van der Waals surface area contributed by atoms with Gasteiger partial charge in [0.2, 0.25) is 19.9 Å². The Kier molecular flexibility index (Phi) is 5.31. The van der Waals surface area contributed by atoms with E-state index in [0.717, 1.165) is 17.3 Å². The number of benzene rings is 2. The molecule has 5 nitrogen and oxygen atoms in total. The monoisotopic (exact) mass is 457 g/mol. The van der Waals surface area contributed by atoms with Crippen LogP contribution in [0.1, 0.15) is 24.0 Å². The van der Waals surface area contributed by atoms with E-state index < -0.39 is 19.9 Å². The van der Waals surface area contributed by atoms with Gasteiger partial charge in [-0.3, -0.25) is 0 Å². The predicted molar refractivity (Wildman–Crippen MR) is 104 cm³/mol. The third-order valence-corrected chi connectivity index (χ3v) is 9.05. The van der Waals surface area contributed by atoms with E-state index in [1.54, 1.807) is 32.0 Å². The smallest absolute Gasteiger partial charge is 0.219 e. The minimum absolute atomic E-state index is 0.0307. The molecule has 0 aromatic heterocycles. The van der Waals surface area contributed by atoms with E-state index in [-0.39, 0.29) is 14.7 Å². The van der Waals surface area contributed by atoms with Crippen LogP contribution in [0.5, 0.6) is 0 Å². The van der Waals surface area contributed by atoms with E-state index >= 15 is 0 Å². The molecule has 1 aliphatic rings. The van der Waals surface area contributed by atoms with Gasteiger partial charge in [0, 0.05) is 17.6 Å². The lowest BCUT2D eigenvalue weighted by molar-refractivity contribution is 0.476. The number of rotatable bonds is 4. The Morgan fingerprint density at radius 2 is 1.38 bits per heavy atom. The Bertz CT molecular complexity index is 1040. The topological polar surface area (TPSA) is 71.5 Å². The van der Waals surface area contributed by atoms with Crippen molar-refractivity contribution < 1.29 is 16.8 Å². The molecule has 1 aliphatic heterocycles. The summed E-state index contributed by atoms with van der Waals surface area (Å²) in [6, 6.07) is 9.27. The van der Waals surface area contributed by atoms with E-state index in [2.05, 4.69) is 15.9 Å². The van der Waals surface area contributed by atoms with Crippen molar-refractivity contribution in [3.8, 4) is 0 Å². The molecule has 0 N–H and O–H groups in total. The first-order chi connectivity index (χ1) is 12.1. The number of sulfonamides is 1. The molecule has 2 aromatic carbocycles. The fourth-order valence-corrected chi connectivity index (χ4v) is 6.78. The molecule has 26 heavy (non-hydrogen) atoms. The van der Waals surface area contributed by atoms with Crippen molar-refractivity contribution in [3.05, 3.63) is 52.0 Å². The number of hydrogen-bond acceptors (Lipinski definition) is 4. The van der Waals surface area contributed by atoms with Crippen LogP contribution >= 0.6 is 15.9 Å². The van der Waals surface area contributed by atoms with E-state index in [4.69, 9.17) is 0 Å². The highest BCUT2D eigenvalue weighted by Crippen LogP contribution is 2.31. The Morgan fingerprint density at radius 1 is 0.846 bits per heavy atom. The SMILES string of the molecule is Cc1cc(C)c(S(=O)(=O)N2CCCC2)cc1S(=O)(=O)c1ccc(Br)cc1. The van der Waals surface area contributed by atoms with Crippen molar-refractivity contribution >= 4 is 35.8 Å². The van der Waals surface area contributed by atoms with Gasteiger partial charge in [0.25, 0.3) is 0 Å². The average Bonchev–Trinajstić information content (AvgIpc) is 3.10. The summed E-state index contributed by atoms with van der Waals surface area (Å²) in [4.78, 5) is 0.237. The van der Waals surface area contributed by atoms with Crippen molar-refractivity contribution in [1.29, 1.82) is 0 Å². The first-order valence-corrected chi connectivity index (χ1v) is 12.0. The molecule has 1 heterocycles. The Morgan fingerprint density at radius 3 is 1.96 bits per heavy atom. The minimum atomic E-state index is -3.81. The van der Waals surface area contributed by atoms with Gasteiger partial charge in [0.15, 0.2) is 0 Å². The van der Waals surface area contributed by atoms with Crippen LogP contribution in [0, 0.1) is 13.8 Å². The quantitative estimate of drug-likeness (QED) is 0.701. The highest BCUT2D eigenvalue weighted by molar-refractivity contribution is 9.10. The summed E-state index contributed by atoms with van der Waals surface area (Å²) in [6.45, 7) is 4.34. The van der Waals surface area contributed by atoms with Gasteiger partial charge in [0.05, 0.1) is 14.7 Å². The van der Waals surface area contributed by atoms with Crippen molar-refractivity contribution in [2.45, 2.75) is 41.4 Å². The Hall–Kier alpha value is -1.22. The fraction of sp³-hybridized carbons (Fsp3) is 0.333. The molecule has 0 unspecified atom stereocenters. The average molecular weight is 458 g/mol. The molecule has 0 amide bonds. The van der Waals surface area contributed by atoms with Gasteiger partial charge in [0.1, 0.15) is 0 Å². The van der Waals surface area contributed by atoms with E-state index in [1.807, 2.05) is 0 Å². The fourth-order valence-electron chi connectivity index (χ4n) is 3.19. The number of aryl methyl sites for hydroxylation is 2. The first-order valence-electron chi connectivity index (χ1n) is 8.26. The third kappa shape index (κ3) is 3.47. The van der Waals surface area contributed by atoms with Crippen LogP contribution in [0.4, 0.5) is 0 Å². The van der Waals surface area contributed by atoms with E-state index in [9.17, 15) is 16.8 Å². The molecule has 0 saturated carbocycles. The van der Waals surface area contributed by atoms with Crippen molar-refractivity contribution in [1.82, 2.24) is 4.31 Å². The van der Waals surface area contributed by atoms with Gasteiger partial charge in [-0.1, -0.05) is 22.0 Å². The summed E-state index contributed by atoms with van der Waals surface area (Å²) in [6.07, 6.45) is 1.66. The molecular formula is C18H20BrNO4S2. The zero-order valence-electron chi connectivity index (χ0n) is 14.6. The molecule has 2 aromatic rings. The third-order valence-electron chi connectivity index (χ3n) is 4.57. The molecule has 0 radical (unpaired) electrons. The van der Waals surface area contributed by atoms with Crippen LogP contribution in [0.3, 0.4) is 0 Å². The standard InChI is InChI=1S/C18H20BrNO4S2/c1-13-11-14(2)18(26(23,24)20-9-3-4-10-20)12-17(13)25(21,22)16-7-5-15(19)6-8-16/h5-8,11-12H,3-4,9-10H2,1-2H3. The van der Waals surface area contributed by atoms with E-state index in [1.165, 1.54) is 22.5 Å². The lowest BCUT2D eigenvalue weighted by atomic mass is 10.2. The maximum atomic E-state index is 13.1. The molecule has 0 spiro atoms. The predicted octanol–water partition coefficient (Wildman–Crippen LogP) is 3.68. The second-order valence-corrected chi connectivity index (χ2v) is 11.2. The highest BCUT2D eigenvalue weighted by Gasteiger charge is 2.31. The normalized spacial score (nSPS) is 16.1. The summed E-state index contributed by atoms with van der Waals surface area (Å²) in [5.41, 5.74) is 1.09. The second-order valence-electron chi connectivity index (χ2n) is 6.45. The molecule has 1 saturated heterocycles. The zero-order valence-corrected chi connectivity index (χ0v) is 17.8. The van der Waals surface area contributed by atoms with Gasteiger partial charge in [-0.15, -0.1) is 0 Å². The largest absolute Gasteiger partial charge is 0.243 e. The maximum Gasteiger partial charge on any atom is 0.243 e. The Labute approximate surface area is 163 Å². The minimum Gasteiger partial charge on any atom is -0.219 e. The van der Waals surface area contributed by atoms with Gasteiger partial charge in [-0.2, -0.15) is 4.31 Å². The molecule has 0 aliphatic carbocycles. The van der Waals surface area contributed by atoms with Crippen LogP contribution in [-0.2, 0) is 19.9 Å². The molecule has 8 heteroatoms. The summed E-state index contributed by atoms with van der Waals surface area (Å²) < 4.78 is 54.2. The van der Waals surface area contributed by atoms with Gasteiger partial charge >= 0.3 is 0 Å². The van der Waals surface area contributed by atoms with Gasteiger partial charge in [-0.05, 0) is 68.1 Å². The molecule has 3 rings (SSSR count). The van der Waals surface area contributed by atoms with Gasteiger partial charge in [-0.25, -0.2) is 16.8 Å². The second kappa shape index (κ2) is 7.07. The first kappa shape index (κ1) is 19.5. The number of hydrogen-bond donors (Lipinski definition) is 0. The van der Waals surface area contributed by atoms with Crippen LogP contribution < -0.4 is 0 Å². The molecule has 140 valence electrons. The van der Waals surface area contributed by atoms with Crippen molar-refractivity contribution in [2.24, 2.45) is 0 Å². The summed E-state index contributed by atoms with van der Waals surface area (Å²) in [5.74, 6) is 0. The molecule has 0 bridgehead atoms. The number of sulfone groups is 1. The molecule has 1 fully saturated rings. The summed E-state index contributed by atoms with van der Waals surface area (Å²) in [7, 11) is -7.51. The highest BCUT2D eigenvalue weighted by atomic mass is 79.9. The summed E-state index contributed by atoms with van der Waals surface area (Å²) >= 11 is 3.29. The summed E-state index contributed by atoms with van der Waals surface area (Å²) in [5, 5.41) is 0. The molecule has 0 atom stereocenters. The van der Waals surface area contributed by atoms with Crippen LogP contribution in [-0.4, -0.2) is 34.2 Å². The van der Waals surface area contributed by atoms with Gasteiger partial charge < -0.3 is 0 Å². The van der Waals surface area contributed by atoms with Crippen LogP contribution in [0.25, 0.3) is 0 Å². The van der Waals surface area contributed by atoms with Crippen LogP contribution in [0.15, 0.2) is 55.6 Å². The number of nitrogens with zero attached hydrogens (tertiary/aromatic N) is 1. The van der Waals surface area contributed by atoms with E-state index in [0.29, 0.717) is 24.2 Å². The lowest BCUT2D eigenvalue weighted by Gasteiger charge is -2.19. The Balaban J connectivity index is 2.16. The lowest BCUT2D eigenvalue weighted by Crippen LogP contribution is -2.28. The van der Waals surface area contributed by atoms with Crippen molar-refractivity contribution in [3.63, 3.8) is 0 Å².